The Morgan fingerprint density at radius 2 is 1.60 bits per heavy atom. The van der Waals surface area contributed by atoms with Crippen molar-refractivity contribution in [3.8, 4) is 21.8 Å². The first kappa shape index (κ1) is 39.4. The Labute approximate surface area is 302 Å². The maximum absolute atomic E-state index is 13.2. The van der Waals surface area contributed by atoms with E-state index in [0.29, 0.717) is 23.8 Å². The van der Waals surface area contributed by atoms with E-state index < -0.39 is 0 Å². The van der Waals surface area contributed by atoms with Crippen LogP contribution in [0.3, 0.4) is 0 Å². The monoisotopic (exact) mass is 685 g/mol. The summed E-state index contributed by atoms with van der Waals surface area (Å²) in [6.07, 6.45) is 14.2. The largest absolute Gasteiger partial charge is 0.342 e. The highest BCUT2D eigenvalue weighted by Gasteiger charge is 2.14. The number of likely N-dealkylation sites (N-methyl/N-ethyl adjacent to an activating group) is 1. The Kier molecular flexibility index (Phi) is 17.2. The van der Waals surface area contributed by atoms with Crippen LogP contribution in [0.2, 0.25) is 0 Å². The molecule has 3 aromatic heterocycles. The van der Waals surface area contributed by atoms with Crippen molar-refractivity contribution in [2.45, 2.75) is 59.9 Å². The van der Waals surface area contributed by atoms with E-state index in [0.717, 1.165) is 33.8 Å². The van der Waals surface area contributed by atoms with Gasteiger partial charge in [0.25, 0.3) is 5.56 Å². The molecule has 0 bridgehead atoms. The first-order chi connectivity index (χ1) is 24.4. The summed E-state index contributed by atoms with van der Waals surface area (Å²) in [6.45, 7) is 17.6. The lowest BCUT2D eigenvalue weighted by molar-refractivity contribution is 0.769. The van der Waals surface area contributed by atoms with Gasteiger partial charge in [-0.15, -0.1) is 23.6 Å². The van der Waals surface area contributed by atoms with Gasteiger partial charge in [0.2, 0.25) is 0 Å². The zero-order chi connectivity index (χ0) is 36.1. The van der Waals surface area contributed by atoms with Gasteiger partial charge in [0, 0.05) is 35.9 Å². The van der Waals surface area contributed by atoms with Gasteiger partial charge in [0.15, 0.2) is 0 Å². The number of benzene rings is 2. The molecule has 3 heterocycles. The zero-order valence-electron chi connectivity index (χ0n) is 30.2. The molecule has 0 atom stereocenters. The average Bonchev–Trinajstić information content (AvgIpc) is 3.64. The van der Waals surface area contributed by atoms with Gasteiger partial charge in [-0.25, -0.2) is 4.98 Å². The Morgan fingerprint density at radius 3 is 2.20 bits per heavy atom. The molecule has 7 heteroatoms. The Bertz CT molecular complexity index is 1900. The summed E-state index contributed by atoms with van der Waals surface area (Å²) in [5, 5.41) is 6.33. The molecule has 0 saturated heterocycles. The molecule has 0 aliphatic rings. The van der Waals surface area contributed by atoms with Crippen LogP contribution in [0.4, 0.5) is 5.69 Å². The van der Waals surface area contributed by atoms with Crippen LogP contribution in [0.5, 0.6) is 0 Å². The quantitative estimate of drug-likeness (QED) is 0.0953. The number of anilines is 1. The SMILES string of the molecule is C=C=C(Nc1cnc(-c2ccccc2)n(CC=C)c1=O)c1ccc(-c2ccccc2)s1.CCCC.CCCc1ccncc1/C=C(\C)CNC. The molecule has 6 nitrogen and oxygen atoms in total. The molecule has 0 aliphatic carbocycles. The highest BCUT2D eigenvalue weighted by molar-refractivity contribution is 7.16. The van der Waals surface area contributed by atoms with E-state index in [1.54, 1.807) is 28.2 Å². The number of rotatable bonds is 13. The van der Waals surface area contributed by atoms with Crippen LogP contribution >= 0.6 is 11.3 Å². The summed E-state index contributed by atoms with van der Waals surface area (Å²) in [6, 6.07) is 26.0. The number of allylic oxidation sites excluding steroid dienone is 1. The molecule has 2 aromatic carbocycles. The van der Waals surface area contributed by atoms with Crippen molar-refractivity contribution in [1.29, 1.82) is 0 Å². The second-order valence-electron chi connectivity index (χ2n) is 11.6. The first-order valence-electron chi connectivity index (χ1n) is 17.2. The molecule has 5 aromatic rings. The van der Waals surface area contributed by atoms with Gasteiger partial charge < -0.3 is 10.6 Å². The minimum absolute atomic E-state index is 0.179. The van der Waals surface area contributed by atoms with Gasteiger partial charge in [-0.3, -0.25) is 14.3 Å². The minimum Gasteiger partial charge on any atom is -0.342 e. The summed E-state index contributed by atoms with van der Waals surface area (Å²) in [5.41, 5.74) is 9.75. The maximum Gasteiger partial charge on any atom is 0.277 e. The lowest BCUT2D eigenvalue weighted by Crippen LogP contribution is -2.25. The number of hydrogen-bond acceptors (Lipinski definition) is 6. The summed E-state index contributed by atoms with van der Waals surface area (Å²) >= 11 is 1.61. The van der Waals surface area contributed by atoms with Crippen molar-refractivity contribution in [3.05, 3.63) is 154 Å². The van der Waals surface area contributed by atoms with E-state index >= 15 is 0 Å². The lowest BCUT2D eigenvalue weighted by atomic mass is 10.0. The highest BCUT2D eigenvalue weighted by Crippen LogP contribution is 2.31. The molecule has 0 radical (unpaired) electrons. The number of aryl methyl sites for hydroxylation is 1. The summed E-state index contributed by atoms with van der Waals surface area (Å²) < 4.78 is 1.61. The number of nitrogens with zero attached hydrogens (tertiary/aromatic N) is 3. The average molecular weight is 686 g/mol. The standard InChI is InChI=1S/C26H21N3OS.C13H20N2.C4H10/c1-3-17-29-25(20-13-9-6-10-14-20)27-18-22(26(29)30)28-21(4-2)24-16-15-23(31-24)19-11-7-5-8-12-19;1-4-5-12-6-7-15-10-13(12)8-11(2)9-14-3;1-3-4-2/h3,5-16,18,28H,1-2,17H2;6-8,10,14H,4-5,9H2,1-3H3;3-4H2,1-2H3/b;11-8+;. The fraction of sp³-hybridized carbons (Fsp3) is 0.256. The van der Waals surface area contributed by atoms with E-state index in [9.17, 15) is 4.79 Å². The number of aromatic nitrogens is 3. The van der Waals surface area contributed by atoms with Crippen LogP contribution in [0, 0.1) is 0 Å². The maximum atomic E-state index is 13.2. The van der Waals surface area contributed by atoms with E-state index in [4.69, 9.17) is 0 Å². The second kappa shape index (κ2) is 21.8. The predicted molar refractivity (Wildman–Crippen MR) is 216 cm³/mol. The van der Waals surface area contributed by atoms with Crippen molar-refractivity contribution in [2.24, 2.45) is 0 Å². The third kappa shape index (κ3) is 11.8. The van der Waals surface area contributed by atoms with Crippen LogP contribution in [-0.2, 0) is 13.0 Å². The van der Waals surface area contributed by atoms with Gasteiger partial charge >= 0.3 is 0 Å². The summed E-state index contributed by atoms with van der Waals surface area (Å²) in [5.74, 6) is 0.600. The van der Waals surface area contributed by atoms with Crippen molar-refractivity contribution >= 4 is 28.8 Å². The summed E-state index contributed by atoms with van der Waals surface area (Å²) in [4.78, 5) is 24.0. The van der Waals surface area contributed by atoms with Crippen molar-refractivity contribution in [3.63, 3.8) is 0 Å². The van der Waals surface area contributed by atoms with E-state index in [1.165, 1.54) is 36.0 Å². The van der Waals surface area contributed by atoms with E-state index in [1.807, 2.05) is 74.0 Å². The smallest absolute Gasteiger partial charge is 0.277 e. The number of thiophene rings is 1. The summed E-state index contributed by atoms with van der Waals surface area (Å²) in [7, 11) is 1.97. The number of pyridine rings is 1. The molecule has 0 aliphatic heterocycles. The zero-order valence-corrected chi connectivity index (χ0v) is 31.0. The molecule has 2 N–H and O–H groups in total. The van der Waals surface area contributed by atoms with Gasteiger partial charge in [-0.1, -0.05) is 125 Å². The second-order valence-corrected chi connectivity index (χ2v) is 12.7. The van der Waals surface area contributed by atoms with Gasteiger partial charge in [0.05, 0.1) is 16.8 Å². The van der Waals surface area contributed by atoms with Gasteiger partial charge in [-0.2, -0.15) is 0 Å². The van der Waals surface area contributed by atoms with Crippen LogP contribution in [-0.4, -0.2) is 28.1 Å². The number of hydrogen-bond donors (Lipinski definition) is 2. The normalized spacial score (nSPS) is 10.5. The van der Waals surface area contributed by atoms with Crippen molar-refractivity contribution < 1.29 is 0 Å². The van der Waals surface area contributed by atoms with Crippen molar-refractivity contribution in [2.75, 3.05) is 18.9 Å². The minimum atomic E-state index is -0.179. The first-order valence-corrected chi connectivity index (χ1v) is 18.1. The molecule has 0 spiro atoms. The molecule has 0 unspecified atom stereocenters. The molecule has 50 heavy (non-hydrogen) atoms. The number of nitrogens with one attached hydrogen (secondary N) is 2. The van der Waals surface area contributed by atoms with Gasteiger partial charge in [-0.05, 0) is 55.3 Å². The van der Waals surface area contributed by atoms with Crippen LogP contribution < -0.4 is 16.2 Å². The highest BCUT2D eigenvalue weighted by atomic mass is 32.1. The third-order valence-electron chi connectivity index (χ3n) is 7.56. The molecular weight excluding hydrogens is 635 g/mol. The molecule has 0 fully saturated rings. The fourth-order valence-electron chi connectivity index (χ4n) is 4.91. The topological polar surface area (TPSA) is 71.8 Å². The van der Waals surface area contributed by atoms with E-state index in [2.05, 4.69) is 97.5 Å². The number of unbranched alkanes of at least 4 members (excludes halogenated alkanes) is 1. The molecular formula is C43H51N5OS. The van der Waals surface area contributed by atoms with Crippen LogP contribution in [0.25, 0.3) is 33.6 Å². The molecule has 5 rings (SSSR count). The fourth-order valence-corrected chi connectivity index (χ4v) is 5.90. The lowest BCUT2D eigenvalue weighted by Gasteiger charge is -2.13. The molecule has 0 amide bonds. The van der Waals surface area contributed by atoms with Crippen molar-refractivity contribution in [1.82, 2.24) is 19.9 Å². The van der Waals surface area contributed by atoms with Gasteiger partial charge in [0.1, 0.15) is 11.5 Å². The predicted octanol–water partition coefficient (Wildman–Crippen LogP) is 10.5. The van der Waals surface area contributed by atoms with E-state index in [-0.39, 0.29) is 5.56 Å². The van der Waals surface area contributed by atoms with Crippen LogP contribution in [0.1, 0.15) is 63.0 Å². The Hall–Kier alpha value is -5.07. The molecule has 260 valence electrons. The third-order valence-corrected chi connectivity index (χ3v) is 8.71. The Balaban J connectivity index is 0.000000297. The molecule has 0 saturated carbocycles. The van der Waals surface area contributed by atoms with Crippen LogP contribution in [0.15, 0.2) is 133 Å². The Morgan fingerprint density at radius 1 is 0.920 bits per heavy atom.